The summed E-state index contributed by atoms with van der Waals surface area (Å²) in [5, 5.41) is 2.63. The predicted octanol–water partition coefficient (Wildman–Crippen LogP) is 6.67. The first kappa shape index (κ1) is 16.4. The number of fused-ring (bicyclic) bond motifs is 5. The summed E-state index contributed by atoms with van der Waals surface area (Å²) < 4.78 is 2.30. The summed E-state index contributed by atoms with van der Waals surface area (Å²) in [5.74, 6) is 0. The van der Waals surface area contributed by atoms with Crippen LogP contribution in [0.3, 0.4) is 0 Å². The monoisotopic (exact) mass is 374 g/mol. The molecule has 4 aromatic carbocycles. The van der Waals surface area contributed by atoms with Crippen molar-refractivity contribution < 1.29 is 0 Å². The molecule has 6 rings (SSSR count). The average molecular weight is 374 g/mol. The smallest absolute Gasteiger partial charge is 0.0494 e. The Hall–Kier alpha value is -3.52. The van der Waals surface area contributed by atoms with Crippen molar-refractivity contribution in [2.75, 3.05) is 11.9 Å². The SMILES string of the molecule is CN1c2ccccc2Cc2ccc(-c3ccc4c5ccccc5n(C)c4c3)cc21. The summed E-state index contributed by atoms with van der Waals surface area (Å²) >= 11 is 0. The largest absolute Gasteiger partial charge is 0.344 e. The van der Waals surface area contributed by atoms with Crippen LogP contribution in [0.5, 0.6) is 0 Å². The van der Waals surface area contributed by atoms with Crippen molar-refractivity contribution in [1.29, 1.82) is 0 Å². The van der Waals surface area contributed by atoms with E-state index in [9.17, 15) is 0 Å². The Morgan fingerprint density at radius 3 is 2.21 bits per heavy atom. The van der Waals surface area contributed by atoms with Gasteiger partial charge in [0.15, 0.2) is 0 Å². The number of anilines is 2. The number of aryl methyl sites for hydroxylation is 1. The maximum absolute atomic E-state index is 2.34. The van der Waals surface area contributed by atoms with Gasteiger partial charge in [0.1, 0.15) is 0 Å². The van der Waals surface area contributed by atoms with Gasteiger partial charge < -0.3 is 9.47 Å². The minimum Gasteiger partial charge on any atom is -0.344 e. The molecule has 0 saturated carbocycles. The van der Waals surface area contributed by atoms with Gasteiger partial charge in [0, 0.05) is 53.7 Å². The van der Waals surface area contributed by atoms with Crippen LogP contribution in [0.25, 0.3) is 32.9 Å². The fourth-order valence-electron chi connectivity index (χ4n) is 4.87. The van der Waals surface area contributed by atoms with Crippen LogP contribution in [0, 0.1) is 0 Å². The second-order valence-electron chi connectivity index (χ2n) is 8.02. The molecule has 2 heteroatoms. The fourth-order valence-corrected chi connectivity index (χ4v) is 4.87. The Bertz CT molecular complexity index is 1410. The van der Waals surface area contributed by atoms with Crippen molar-refractivity contribution >= 4 is 33.2 Å². The summed E-state index contributed by atoms with van der Waals surface area (Å²) in [7, 11) is 4.33. The molecule has 0 N–H and O–H groups in total. The van der Waals surface area contributed by atoms with Gasteiger partial charge in [-0.3, -0.25) is 0 Å². The molecule has 0 fully saturated rings. The van der Waals surface area contributed by atoms with E-state index in [1.165, 1.54) is 55.4 Å². The Labute approximate surface area is 170 Å². The van der Waals surface area contributed by atoms with Crippen molar-refractivity contribution in [3.05, 3.63) is 96.1 Å². The van der Waals surface area contributed by atoms with Gasteiger partial charge in [-0.05, 0) is 46.5 Å². The molecule has 0 bridgehead atoms. The number of aromatic nitrogens is 1. The third-order valence-electron chi connectivity index (χ3n) is 6.43. The zero-order valence-corrected chi connectivity index (χ0v) is 16.7. The number of benzene rings is 4. The summed E-state index contributed by atoms with van der Waals surface area (Å²) in [5.41, 5.74) is 10.5. The molecule has 5 aromatic rings. The Morgan fingerprint density at radius 1 is 0.586 bits per heavy atom. The molecule has 0 spiro atoms. The first-order chi connectivity index (χ1) is 14.2. The molecule has 0 atom stereocenters. The zero-order valence-electron chi connectivity index (χ0n) is 16.7. The molecule has 29 heavy (non-hydrogen) atoms. The number of nitrogens with zero attached hydrogens (tertiary/aromatic N) is 2. The molecule has 1 aromatic heterocycles. The molecule has 1 aliphatic heterocycles. The van der Waals surface area contributed by atoms with Crippen molar-refractivity contribution in [2.45, 2.75) is 6.42 Å². The second-order valence-corrected chi connectivity index (χ2v) is 8.02. The Morgan fingerprint density at radius 2 is 1.28 bits per heavy atom. The topological polar surface area (TPSA) is 8.17 Å². The van der Waals surface area contributed by atoms with Crippen LogP contribution in [0.1, 0.15) is 11.1 Å². The van der Waals surface area contributed by atoms with E-state index in [2.05, 4.69) is 108 Å². The highest BCUT2D eigenvalue weighted by molar-refractivity contribution is 6.09. The second kappa shape index (κ2) is 5.99. The molecule has 0 radical (unpaired) electrons. The lowest BCUT2D eigenvalue weighted by Crippen LogP contribution is -2.18. The highest BCUT2D eigenvalue weighted by Gasteiger charge is 2.20. The molecule has 0 unspecified atom stereocenters. The predicted molar refractivity (Wildman–Crippen MR) is 123 cm³/mol. The Kier molecular flexibility index (Phi) is 3.39. The molecule has 2 heterocycles. The number of rotatable bonds is 1. The molecule has 0 aliphatic carbocycles. The van der Waals surface area contributed by atoms with Gasteiger partial charge in [-0.1, -0.05) is 60.7 Å². The number of para-hydroxylation sites is 2. The minimum absolute atomic E-state index is 0.998. The maximum Gasteiger partial charge on any atom is 0.0494 e. The Balaban J connectivity index is 1.50. The van der Waals surface area contributed by atoms with E-state index in [1.807, 2.05) is 0 Å². The molecule has 2 nitrogen and oxygen atoms in total. The normalized spacial score (nSPS) is 13.0. The van der Waals surface area contributed by atoms with Crippen LogP contribution in [0.2, 0.25) is 0 Å². The van der Waals surface area contributed by atoms with Crippen molar-refractivity contribution in [1.82, 2.24) is 4.57 Å². The number of hydrogen-bond donors (Lipinski definition) is 0. The maximum atomic E-state index is 2.34. The lowest BCUT2D eigenvalue weighted by atomic mass is 9.93. The third-order valence-corrected chi connectivity index (χ3v) is 6.43. The summed E-state index contributed by atoms with van der Waals surface area (Å²) in [6.45, 7) is 0. The molecule has 140 valence electrons. The summed E-state index contributed by atoms with van der Waals surface area (Å²) in [4.78, 5) is 2.33. The third kappa shape index (κ3) is 2.35. The van der Waals surface area contributed by atoms with E-state index < -0.39 is 0 Å². The molecule has 0 amide bonds. The lowest BCUT2D eigenvalue weighted by molar-refractivity contribution is 1.01. The van der Waals surface area contributed by atoms with E-state index in [1.54, 1.807) is 0 Å². The fraction of sp³-hybridized carbons (Fsp3) is 0.111. The van der Waals surface area contributed by atoms with Gasteiger partial charge >= 0.3 is 0 Å². The van der Waals surface area contributed by atoms with Crippen molar-refractivity contribution in [2.24, 2.45) is 7.05 Å². The molecule has 1 aliphatic rings. The van der Waals surface area contributed by atoms with E-state index in [0.29, 0.717) is 0 Å². The van der Waals surface area contributed by atoms with Crippen LogP contribution in [0.4, 0.5) is 11.4 Å². The van der Waals surface area contributed by atoms with Gasteiger partial charge in [-0.25, -0.2) is 0 Å². The first-order valence-corrected chi connectivity index (χ1v) is 10.1. The molecular weight excluding hydrogens is 352 g/mol. The summed E-state index contributed by atoms with van der Waals surface area (Å²) in [6.07, 6.45) is 0.998. The van der Waals surface area contributed by atoms with Crippen LogP contribution in [-0.4, -0.2) is 11.6 Å². The van der Waals surface area contributed by atoms with E-state index in [4.69, 9.17) is 0 Å². The average Bonchev–Trinajstić information content (AvgIpc) is 3.06. The van der Waals surface area contributed by atoms with Crippen molar-refractivity contribution in [3.63, 3.8) is 0 Å². The molecular formula is C27H22N2. The highest BCUT2D eigenvalue weighted by atomic mass is 15.1. The van der Waals surface area contributed by atoms with E-state index >= 15 is 0 Å². The van der Waals surface area contributed by atoms with Crippen molar-refractivity contribution in [3.8, 4) is 11.1 Å². The quantitative estimate of drug-likeness (QED) is 0.318. The van der Waals surface area contributed by atoms with Crippen LogP contribution in [-0.2, 0) is 13.5 Å². The van der Waals surface area contributed by atoms with Gasteiger partial charge in [0.05, 0.1) is 0 Å². The lowest BCUT2D eigenvalue weighted by Gasteiger charge is -2.30. The van der Waals surface area contributed by atoms with Gasteiger partial charge in [-0.15, -0.1) is 0 Å². The van der Waals surface area contributed by atoms with Gasteiger partial charge in [0.2, 0.25) is 0 Å². The van der Waals surface area contributed by atoms with Crippen LogP contribution in [0.15, 0.2) is 84.9 Å². The van der Waals surface area contributed by atoms with E-state index in [-0.39, 0.29) is 0 Å². The van der Waals surface area contributed by atoms with Crippen LogP contribution < -0.4 is 4.90 Å². The number of hydrogen-bond acceptors (Lipinski definition) is 1. The first-order valence-electron chi connectivity index (χ1n) is 10.1. The summed E-state index contributed by atoms with van der Waals surface area (Å²) in [6, 6.07) is 31.1. The standard InChI is InChI=1S/C27H22N2/c1-28-24-9-5-3-7-20(24)15-21-12-11-18(16-26(21)28)19-13-14-23-22-8-4-6-10-25(22)29(2)27(23)17-19/h3-14,16-17H,15H2,1-2H3. The molecule has 0 saturated heterocycles. The van der Waals surface area contributed by atoms with E-state index in [0.717, 1.165) is 6.42 Å². The highest BCUT2D eigenvalue weighted by Crippen LogP contribution is 2.40. The van der Waals surface area contributed by atoms with Gasteiger partial charge in [0.25, 0.3) is 0 Å². The zero-order chi connectivity index (χ0) is 19.5. The van der Waals surface area contributed by atoms with Gasteiger partial charge in [-0.2, -0.15) is 0 Å². The minimum atomic E-state index is 0.998. The van der Waals surface area contributed by atoms with Crippen LogP contribution >= 0.6 is 0 Å².